The molecule has 3 aromatic rings. The molecule has 6 N–H and O–H groups in total. The zero-order valence-electron chi connectivity index (χ0n) is 30.0. The van der Waals surface area contributed by atoms with Gasteiger partial charge in [-0.2, -0.15) is 0 Å². The van der Waals surface area contributed by atoms with Crippen molar-refractivity contribution in [3.8, 4) is 0 Å². The Balaban J connectivity index is 1.86. The van der Waals surface area contributed by atoms with Crippen LogP contribution in [0.4, 0.5) is 4.39 Å². The Hall–Kier alpha value is -5.24. The van der Waals surface area contributed by atoms with Gasteiger partial charge in [-0.25, -0.2) is 9.18 Å². The molecule has 4 amide bonds. The molecule has 52 heavy (non-hydrogen) atoms. The van der Waals surface area contributed by atoms with Crippen molar-refractivity contribution in [2.45, 2.75) is 102 Å². The first-order valence-corrected chi connectivity index (χ1v) is 17.6. The standard InChI is InChI=1S/C38H50FN7O6/c1-4-6-17-30(43-33(47)29(40)21-27-15-11-19-41-24-27)34(48)44-31(22-26-13-9-8-10-14-26)35(49)45-38(39,18-7-5-2)37(52)46(3)32(36(50)51)23-28-16-12-20-42-25-28/h8-16,19-20,24-25,29-32H,4-7,17-18,21-23,40H2,1-3H3,(H,43,47)(H,44,48)(H,45,49)(H,50,51)/t29-,30-,31-,32-,38-/m0/s1. The summed E-state index contributed by atoms with van der Waals surface area (Å²) in [6.45, 7) is 3.71. The number of hydrogen-bond acceptors (Lipinski definition) is 8. The summed E-state index contributed by atoms with van der Waals surface area (Å²) in [7, 11) is 1.17. The number of aromatic nitrogens is 2. The van der Waals surface area contributed by atoms with E-state index in [1.165, 1.54) is 19.4 Å². The normalized spacial score (nSPS) is 14.5. The van der Waals surface area contributed by atoms with Crippen LogP contribution in [-0.4, -0.2) is 86.6 Å². The summed E-state index contributed by atoms with van der Waals surface area (Å²) in [6.07, 6.45) is 7.90. The number of nitrogens with two attached hydrogens (primary N) is 1. The molecular weight excluding hydrogens is 669 g/mol. The molecule has 2 aromatic heterocycles. The number of aliphatic carboxylic acids is 1. The van der Waals surface area contributed by atoms with Crippen LogP contribution in [0.2, 0.25) is 0 Å². The second-order valence-corrected chi connectivity index (χ2v) is 12.9. The number of rotatable bonds is 21. The van der Waals surface area contributed by atoms with Crippen LogP contribution >= 0.6 is 0 Å². The molecule has 0 saturated carbocycles. The molecule has 0 aliphatic rings. The van der Waals surface area contributed by atoms with Crippen LogP contribution in [0.1, 0.15) is 69.1 Å². The molecule has 0 spiro atoms. The molecule has 0 saturated heterocycles. The molecule has 1 aromatic carbocycles. The first kappa shape index (κ1) is 41.2. The second kappa shape index (κ2) is 20.6. The highest BCUT2D eigenvalue weighted by molar-refractivity contribution is 5.96. The van der Waals surface area contributed by atoms with E-state index in [4.69, 9.17) is 5.73 Å². The number of halogens is 1. The number of unbranched alkanes of at least 4 members (excludes halogenated alkanes) is 2. The number of alkyl halides is 1. The molecule has 280 valence electrons. The lowest BCUT2D eigenvalue weighted by atomic mass is 10.00. The zero-order chi connectivity index (χ0) is 38.1. The van der Waals surface area contributed by atoms with Crippen LogP contribution in [-0.2, 0) is 43.2 Å². The summed E-state index contributed by atoms with van der Waals surface area (Å²) in [4.78, 5) is 75.8. The van der Waals surface area contributed by atoms with Crippen molar-refractivity contribution in [1.29, 1.82) is 0 Å². The SMILES string of the molecule is CCCC[C@H](NC(=O)[C@@H](N)Cc1cccnc1)C(=O)N[C@@H](Cc1ccccc1)C(=O)N[C@@](F)(CCCC)C(=O)N(C)[C@@H](Cc1cccnc1)C(=O)O. The van der Waals surface area contributed by atoms with Gasteiger partial charge in [0, 0.05) is 51.1 Å². The molecule has 14 heteroatoms. The average Bonchev–Trinajstić information content (AvgIpc) is 3.14. The maximum atomic E-state index is 16.9. The van der Waals surface area contributed by atoms with Crippen LogP contribution in [0.3, 0.4) is 0 Å². The van der Waals surface area contributed by atoms with E-state index in [2.05, 4.69) is 25.9 Å². The van der Waals surface area contributed by atoms with E-state index in [0.29, 0.717) is 30.4 Å². The number of carbonyl (C=O) groups is 5. The van der Waals surface area contributed by atoms with Gasteiger partial charge in [0.15, 0.2) is 0 Å². The van der Waals surface area contributed by atoms with Gasteiger partial charge in [0.05, 0.1) is 6.04 Å². The first-order valence-electron chi connectivity index (χ1n) is 17.6. The summed E-state index contributed by atoms with van der Waals surface area (Å²) < 4.78 is 16.9. The highest BCUT2D eigenvalue weighted by Crippen LogP contribution is 2.23. The minimum atomic E-state index is -3.00. The number of benzene rings is 1. The Bertz CT molecular complexity index is 1600. The Kier molecular flexibility index (Phi) is 16.3. The Morgan fingerprint density at radius 2 is 1.37 bits per heavy atom. The third-order valence-electron chi connectivity index (χ3n) is 8.67. The van der Waals surface area contributed by atoms with E-state index < -0.39 is 66.0 Å². The number of carbonyl (C=O) groups excluding carboxylic acids is 4. The molecular formula is C38H50FN7O6. The Morgan fingerprint density at radius 1 is 0.788 bits per heavy atom. The van der Waals surface area contributed by atoms with Gasteiger partial charge in [0.2, 0.25) is 17.7 Å². The topological polar surface area (TPSA) is 197 Å². The Labute approximate surface area is 304 Å². The fourth-order valence-electron chi connectivity index (χ4n) is 5.63. The van der Waals surface area contributed by atoms with E-state index >= 15 is 4.39 Å². The van der Waals surface area contributed by atoms with E-state index in [-0.39, 0.29) is 32.1 Å². The number of likely N-dealkylation sites (N-methyl/N-ethyl adjacent to an activating group) is 1. The highest BCUT2D eigenvalue weighted by atomic mass is 19.1. The summed E-state index contributed by atoms with van der Waals surface area (Å²) in [5.41, 5.74) is 8.07. The van der Waals surface area contributed by atoms with Crippen molar-refractivity contribution in [2.75, 3.05) is 7.05 Å². The minimum absolute atomic E-state index is 0.0694. The van der Waals surface area contributed by atoms with Gasteiger partial charge >= 0.3 is 5.97 Å². The van der Waals surface area contributed by atoms with E-state index in [0.717, 1.165) is 10.5 Å². The van der Waals surface area contributed by atoms with Crippen molar-refractivity contribution in [3.63, 3.8) is 0 Å². The van der Waals surface area contributed by atoms with Gasteiger partial charge in [-0.15, -0.1) is 0 Å². The predicted molar refractivity (Wildman–Crippen MR) is 193 cm³/mol. The largest absolute Gasteiger partial charge is 0.480 e. The number of pyridine rings is 2. The highest BCUT2D eigenvalue weighted by Gasteiger charge is 2.46. The molecule has 2 heterocycles. The maximum absolute atomic E-state index is 16.9. The predicted octanol–water partition coefficient (Wildman–Crippen LogP) is 2.88. The molecule has 0 radical (unpaired) electrons. The first-order chi connectivity index (χ1) is 24.9. The molecule has 0 fully saturated rings. The third kappa shape index (κ3) is 12.5. The molecule has 3 rings (SSSR count). The number of amides is 4. The van der Waals surface area contributed by atoms with Crippen LogP contribution in [0.15, 0.2) is 79.4 Å². The smallest absolute Gasteiger partial charge is 0.326 e. The van der Waals surface area contributed by atoms with Crippen LogP contribution in [0, 0.1) is 0 Å². The third-order valence-corrected chi connectivity index (χ3v) is 8.67. The molecule has 0 unspecified atom stereocenters. The lowest BCUT2D eigenvalue weighted by Gasteiger charge is -2.34. The summed E-state index contributed by atoms with van der Waals surface area (Å²) >= 11 is 0. The maximum Gasteiger partial charge on any atom is 0.326 e. The molecule has 0 aliphatic carbocycles. The number of nitrogens with one attached hydrogen (secondary N) is 3. The Morgan fingerprint density at radius 3 is 1.92 bits per heavy atom. The van der Waals surface area contributed by atoms with Gasteiger partial charge in [0.25, 0.3) is 11.7 Å². The molecule has 5 atom stereocenters. The number of carboxylic acid groups (broad SMARTS) is 1. The van der Waals surface area contributed by atoms with Crippen LogP contribution in [0.25, 0.3) is 0 Å². The minimum Gasteiger partial charge on any atom is -0.480 e. The van der Waals surface area contributed by atoms with Crippen LogP contribution in [0.5, 0.6) is 0 Å². The van der Waals surface area contributed by atoms with Crippen molar-refractivity contribution in [2.24, 2.45) is 5.73 Å². The molecule has 0 bridgehead atoms. The second-order valence-electron chi connectivity index (χ2n) is 12.9. The van der Waals surface area contributed by atoms with Gasteiger partial charge in [-0.05, 0) is 48.1 Å². The van der Waals surface area contributed by atoms with E-state index in [9.17, 15) is 29.1 Å². The zero-order valence-corrected chi connectivity index (χ0v) is 30.0. The van der Waals surface area contributed by atoms with Gasteiger partial charge in [-0.3, -0.25) is 29.1 Å². The number of carboxylic acids is 1. The lowest BCUT2D eigenvalue weighted by Crippen LogP contribution is -2.63. The fraction of sp³-hybridized carbons (Fsp3) is 0.447. The van der Waals surface area contributed by atoms with Crippen molar-refractivity contribution in [3.05, 3.63) is 96.1 Å². The summed E-state index contributed by atoms with van der Waals surface area (Å²) in [6, 6.07) is 10.6. The van der Waals surface area contributed by atoms with Crippen LogP contribution < -0.4 is 21.7 Å². The van der Waals surface area contributed by atoms with Crippen molar-refractivity contribution >= 4 is 29.6 Å². The van der Waals surface area contributed by atoms with Gasteiger partial charge < -0.3 is 31.7 Å². The monoisotopic (exact) mass is 719 g/mol. The number of hydrogen-bond donors (Lipinski definition) is 5. The lowest BCUT2D eigenvalue weighted by molar-refractivity contribution is -0.158. The number of nitrogens with zero attached hydrogens (tertiary/aromatic N) is 3. The quantitative estimate of drug-likeness (QED) is 0.103. The average molecular weight is 720 g/mol. The van der Waals surface area contributed by atoms with Gasteiger partial charge in [0.1, 0.15) is 18.1 Å². The summed E-state index contributed by atoms with van der Waals surface area (Å²) in [5, 5.41) is 17.6. The summed E-state index contributed by atoms with van der Waals surface area (Å²) in [5.74, 6) is -7.86. The van der Waals surface area contributed by atoms with E-state index in [1.54, 1.807) is 73.9 Å². The van der Waals surface area contributed by atoms with Gasteiger partial charge in [-0.1, -0.05) is 75.6 Å². The molecule has 13 nitrogen and oxygen atoms in total. The van der Waals surface area contributed by atoms with Crippen molar-refractivity contribution < 1.29 is 33.5 Å². The van der Waals surface area contributed by atoms with E-state index in [1.807, 2.05) is 6.92 Å². The van der Waals surface area contributed by atoms with Crippen molar-refractivity contribution in [1.82, 2.24) is 30.8 Å². The molecule has 0 aliphatic heterocycles. The fourth-order valence-corrected chi connectivity index (χ4v) is 5.63.